The highest BCUT2D eigenvalue weighted by molar-refractivity contribution is 6.30. The third kappa shape index (κ3) is 4.42. The molecule has 0 aliphatic heterocycles. The van der Waals surface area contributed by atoms with Gasteiger partial charge in [0.2, 0.25) is 0 Å². The first kappa shape index (κ1) is 16.3. The molecule has 6 heteroatoms. The molecule has 1 amide bonds. The average Bonchev–Trinajstić information content (AvgIpc) is 2.42. The van der Waals surface area contributed by atoms with Crippen molar-refractivity contribution in [2.45, 2.75) is 19.8 Å². The van der Waals surface area contributed by atoms with E-state index in [1.807, 2.05) is 6.92 Å². The van der Waals surface area contributed by atoms with Crippen LogP contribution < -0.4 is 10.1 Å². The van der Waals surface area contributed by atoms with Crippen LogP contribution in [0.3, 0.4) is 0 Å². The van der Waals surface area contributed by atoms with Crippen molar-refractivity contribution < 1.29 is 19.4 Å². The highest BCUT2D eigenvalue weighted by Crippen LogP contribution is 2.23. The van der Waals surface area contributed by atoms with Crippen molar-refractivity contribution in [2.75, 3.05) is 13.7 Å². The summed E-state index contributed by atoms with van der Waals surface area (Å²) in [5, 5.41) is 12.1. The fraction of sp³-hybridized carbons (Fsp3) is 0.429. The average molecular weight is 300 g/mol. The third-order valence-corrected chi connectivity index (χ3v) is 3.14. The van der Waals surface area contributed by atoms with Crippen molar-refractivity contribution in [1.82, 2.24) is 5.32 Å². The van der Waals surface area contributed by atoms with E-state index >= 15 is 0 Å². The van der Waals surface area contributed by atoms with Gasteiger partial charge < -0.3 is 15.2 Å². The minimum atomic E-state index is -0.907. The summed E-state index contributed by atoms with van der Waals surface area (Å²) in [6.07, 6.45) is 1.27. The van der Waals surface area contributed by atoms with Crippen LogP contribution in [-0.4, -0.2) is 30.6 Å². The Labute approximate surface area is 122 Å². The van der Waals surface area contributed by atoms with Crippen LogP contribution in [0.5, 0.6) is 5.75 Å². The van der Waals surface area contributed by atoms with Crippen LogP contribution in [0.1, 0.15) is 30.1 Å². The van der Waals surface area contributed by atoms with E-state index < -0.39 is 11.9 Å². The number of hydrogen-bond donors (Lipinski definition) is 2. The van der Waals surface area contributed by atoms with Crippen molar-refractivity contribution in [3.05, 3.63) is 28.8 Å². The van der Waals surface area contributed by atoms with E-state index in [9.17, 15) is 9.59 Å². The second kappa shape index (κ2) is 7.75. The van der Waals surface area contributed by atoms with Gasteiger partial charge in [-0.15, -0.1) is 0 Å². The minimum absolute atomic E-state index is 0.0911. The first-order valence-corrected chi connectivity index (χ1v) is 6.72. The molecular weight excluding hydrogens is 282 g/mol. The number of nitrogens with one attached hydrogen (secondary N) is 1. The molecular formula is C14H18ClNO4. The van der Waals surface area contributed by atoms with E-state index in [0.717, 1.165) is 6.42 Å². The molecule has 0 saturated heterocycles. The van der Waals surface area contributed by atoms with E-state index in [4.69, 9.17) is 21.4 Å². The fourth-order valence-corrected chi connectivity index (χ4v) is 1.99. The normalized spacial score (nSPS) is 11.8. The number of ether oxygens (including phenoxy) is 1. The number of carboxylic acid groups (broad SMARTS) is 1. The van der Waals surface area contributed by atoms with Crippen molar-refractivity contribution >= 4 is 23.5 Å². The molecule has 0 fully saturated rings. The van der Waals surface area contributed by atoms with Crippen molar-refractivity contribution in [3.8, 4) is 5.75 Å². The van der Waals surface area contributed by atoms with Gasteiger partial charge >= 0.3 is 5.97 Å². The van der Waals surface area contributed by atoms with Crippen LogP contribution in [0.2, 0.25) is 5.02 Å². The van der Waals surface area contributed by atoms with E-state index in [-0.39, 0.29) is 12.5 Å². The molecule has 0 heterocycles. The lowest BCUT2D eigenvalue weighted by atomic mass is 10.0. The lowest BCUT2D eigenvalue weighted by Crippen LogP contribution is -2.33. The Morgan fingerprint density at radius 2 is 2.15 bits per heavy atom. The number of rotatable bonds is 7. The highest BCUT2D eigenvalue weighted by atomic mass is 35.5. The molecule has 1 unspecified atom stereocenters. The quantitative estimate of drug-likeness (QED) is 0.811. The predicted molar refractivity (Wildman–Crippen MR) is 76.4 cm³/mol. The number of methoxy groups -OCH3 is 1. The molecule has 2 N–H and O–H groups in total. The number of hydrogen-bond acceptors (Lipinski definition) is 3. The van der Waals surface area contributed by atoms with E-state index in [1.165, 1.54) is 13.2 Å². The summed E-state index contributed by atoms with van der Waals surface area (Å²) < 4.78 is 5.09. The monoisotopic (exact) mass is 299 g/mol. The van der Waals surface area contributed by atoms with Crippen LogP contribution in [0.4, 0.5) is 0 Å². The second-order valence-corrected chi connectivity index (χ2v) is 4.81. The molecule has 0 saturated carbocycles. The van der Waals surface area contributed by atoms with Crippen LogP contribution >= 0.6 is 11.6 Å². The van der Waals surface area contributed by atoms with E-state index in [2.05, 4.69) is 5.32 Å². The minimum Gasteiger partial charge on any atom is -0.496 e. The number of carboxylic acids is 1. The number of carbonyl (C=O) groups excluding carboxylic acids is 1. The van der Waals surface area contributed by atoms with Gasteiger partial charge in [0.1, 0.15) is 5.75 Å². The standard InChI is InChI=1S/C14H18ClNO4/c1-3-4-9(14(18)19)8-16-13(17)11-6-5-10(15)7-12(11)20-2/h5-7,9H,3-4,8H2,1-2H3,(H,16,17)(H,18,19). The third-order valence-electron chi connectivity index (χ3n) is 2.90. The maximum Gasteiger partial charge on any atom is 0.308 e. The van der Waals surface area contributed by atoms with Crippen molar-refractivity contribution in [2.24, 2.45) is 5.92 Å². The van der Waals surface area contributed by atoms with Gasteiger partial charge in [-0.3, -0.25) is 9.59 Å². The Morgan fingerprint density at radius 1 is 1.45 bits per heavy atom. The molecule has 0 bridgehead atoms. The van der Waals surface area contributed by atoms with Crippen molar-refractivity contribution in [3.63, 3.8) is 0 Å². The number of aliphatic carboxylic acids is 1. The second-order valence-electron chi connectivity index (χ2n) is 4.38. The zero-order chi connectivity index (χ0) is 15.1. The largest absolute Gasteiger partial charge is 0.496 e. The Bertz CT molecular complexity index is 490. The van der Waals surface area contributed by atoms with Crippen LogP contribution in [0.25, 0.3) is 0 Å². The summed E-state index contributed by atoms with van der Waals surface area (Å²) in [4.78, 5) is 23.1. The van der Waals surface area contributed by atoms with Gasteiger partial charge in [-0.1, -0.05) is 24.9 Å². The maximum atomic E-state index is 12.0. The number of carbonyl (C=O) groups is 2. The summed E-state index contributed by atoms with van der Waals surface area (Å²) >= 11 is 5.82. The summed E-state index contributed by atoms with van der Waals surface area (Å²) in [5.74, 6) is -1.50. The van der Waals surface area contributed by atoms with Gasteiger partial charge in [-0.25, -0.2) is 0 Å². The molecule has 1 aromatic rings. The molecule has 110 valence electrons. The van der Waals surface area contributed by atoms with E-state index in [1.54, 1.807) is 12.1 Å². The smallest absolute Gasteiger partial charge is 0.308 e. The summed E-state index contributed by atoms with van der Waals surface area (Å²) in [7, 11) is 1.44. The van der Waals surface area contributed by atoms with E-state index in [0.29, 0.717) is 22.8 Å². The lowest BCUT2D eigenvalue weighted by molar-refractivity contribution is -0.141. The first-order valence-electron chi connectivity index (χ1n) is 6.34. The van der Waals surface area contributed by atoms with Gasteiger partial charge in [0.25, 0.3) is 5.91 Å². The Morgan fingerprint density at radius 3 is 2.70 bits per heavy atom. The van der Waals surface area contributed by atoms with Gasteiger partial charge in [-0.2, -0.15) is 0 Å². The number of halogens is 1. The van der Waals surface area contributed by atoms with Crippen LogP contribution in [0.15, 0.2) is 18.2 Å². The molecule has 0 aliphatic carbocycles. The highest BCUT2D eigenvalue weighted by Gasteiger charge is 2.19. The zero-order valence-corrected chi connectivity index (χ0v) is 12.2. The number of amides is 1. The Balaban J connectivity index is 2.74. The molecule has 20 heavy (non-hydrogen) atoms. The summed E-state index contributed by atoms with van der Waals surface area (Å²) in [5.41, 5.74) is 0.331. The molecule has 1 rings (SSSR count). The SMILES string of the molecule is CCCC(CNC(=O)c1ccc(Cl)cc1OC)C(=O)O. The molecule has 0 aromatic heterocycles. The molecule has 0 aliphatic rings. The molecule has 0 spiro atoms. The van der Waals surface area contributed by atoms with Gasteiger partial charge in [0, 0.05) is 11.6 Å². The summed E-state index contributed by atoms with van der Waals surface area (Å²) in [6.45, 7) is 1.99. The summed E-state index contributed by atoms with van der Waals surface area (Å²) in [6, 6.07) is 4.67. The Hall–Kier alpha value is -1.75. The van der Waals surface area contributed by atoms with Crippen LogP contribution in [-0.2, 0) is 4.79 Å². The van der Waals surface area contributed by atoms with Crippen molar-refractivity contribution in [1.29, 1.82) is 0 Å². The molecule has 0 radical (unpaired) electrons. The van der Waals surface area contributed by atoms with Gasteiger partial charge in [0.05, 0.1) is 18.6 Å². The Kier molecular flexibility index (Phi) is 6.31. The number of benzene rings is 1. The first-order chi connectivity index (χ1) is 9.49. The lowest BCUT2D eigenvalue weighted by Gasteiger charge is -2.13. The molecule has 5 nitrogen and oxygen atoms in total. The molecule has 1 aromatic carbocycles. The fourth-order valence-electron chi connectivity index (χ4n) is 1.83. The maximum absolute atomic E-state index is 12.0. The van der Waals surface area contributed by atoms with Gasteiger partial charge in [-0.05, 0) is 24.6 Å². The van der Waals surface area contributed by atoms with Gasteiger partial charge in [0.15, 0.2) is 0 Å². The zero-order valence-electron chi connectivity index (χ0n) is 11.5. The topological polar surface area (TPSA) is 75.6 Å². The van der Waals surface area contributed by atoms with Crippen LogP contribution in [0, 0.1) is 5.92 Å². The molecule has 1 atom stereocenters. The predicted octanol–water partition coefficient (Wildman–Crippen LogP) is 2.58.